The third kappa shape index (κ3) is 2.55. The van der Waals surface area contributed by atoms with Gasteiger partial charge in [-0.1, -0.05) is 0 Å². The van der Waals surface area contributed by atoms with Crippen LogP contribution in [0, 0.1) is 0 Å². The van der Waals surface area contributed by atoms with Crippen LogP contribution in [0.4, 0.5) is 5.82 Å². The molecular weight excluding hydrogens is 168 g/mol. The summed E-state index contributed by atoms with van der Waals surface area (Å²) in [5.41, 5.74) is 0.530. The fraction of sp³-hybridized carbons (Fsp3) is 0.500. The molecule has 0 aliphatic heterocycles. The van der Waals surface area contributed by atoms with E-state index in [0.29, 0.717) is 12.4 Å². The Morgan fingerprint density at radius 3 is 2.85 bits per heavy atom. The minimum Gasteiger partial charge on any atom is -0.363 e. The number of rotatable bonds is 3. The molecule has 0 saturated heterocycles. The number of aromatic nitrogens is 2. The Bertz CT molecular complexity index is 331. The van der Waals surface area contributed by atoms with Gasteiger partial charge in [-0.15, -0.1) is 0 Å². The quantitative estimate of drug-likeness (QED) is 0.665. The number of H-pyrrole nitrogens is 1. The SMILES string of the molecule is CNCc1cc(N(C)C)nc(=O)[nH]1. The summed E-state index contributed by atoms with van der Waals surface area (Å²) in [5, 5.41) is 2.96. The van der Waals surface area contributed by atoms with Gasteiger partial charge in [0.05, 0.1) is 0 Å². The van der Waals surface area contributed by atoms with E-state index in [1.807, 2.05) is 27.2 Å². The molecule has 0 bridgehead atoms. The first kappa shape index (κ1) is 9.73. The van der Waals surface area contributed by atoms with Crippen LogP contribution in [-0.2, 0) is 6.54 Å². The van der Waals surface area contributed by atoms with E-state index in [1.165, 1.54) is 0 Å². The van der Waals surface area contributed by atoms with Crippen LogP contribution in [-0.4, -0.2) is 31.1 Å². The van der Waals surface area contributed by atoms with Crippen LogP contribution < -0.4 is 15.9 Å². The van der Waals surface area contributed by atoms with Gasteiger partial charge in [0.1, 0.15) is 5.82 Å². The number of aromatic amines is 1. The summed E-state index contributed by atoms with van der Waals surface area (Å²) in [4.78, 5) is 19.3. The highest BCUT2D eigenvalue weighted by Gasteiger charge is 2.00. The van der Waals surface area contributed by atoms with Gasteiger partial charge in [-0.3, -0.25) is 0 Å². The molecule has 1 aromatic rings. The molecule has 0 unspecified atom stereocenters. The zero-order valence-electron chi connectivity index (χ0n) is 8.09. The van der Waals surface area contributed by atoms with E-state index in [2.05, 4.69) is 15.3 Å². The number of anilines is 1. The Labute approximate surface area is 76.8 Å². The first-order chi connectivity index (χ1) is 6.13. The summed E-state index contributed by atoms with van der Waals surface area (Å²) in [7, 11) is 5.53. The smallest absolute Gasteiger partial charge is 0.347 e. The van der Waals surface area contributed by atoms with E-state index >= 15 is 0 Å². The molecular formula is C8H14N4O. The third-order valence-corrected chi connectivity index (χ3v) is 1.61. The molecule has 0 radical (unpaired) electrons. The molecule has 5 heteroatoms. The standard InChI is InChI=1S/C8H14N4O/c1-9-5-6-4-7(12(2)3)11-8(13)10-6/h4,9H,5H2,1-3H3,(H,10,11,13). The highest BCUT2D eigenvalue weighted by atomic mass is 16.1. The second-order valence-electron chi connectivity index (χ2n) is 2.99. The Kier molecular flexibility index (Phi) is 3.02. The second kappa shape index (κ2) is 4.04. The first-order valence-corrected chi connectivity index (χ1v) is 4.05. The highest BCUT2D eigenvalue weighted by Crippen LogP contribution is 2.04. The highest BCUT2D eigenvalue weighted by molar-refractivity contribution is 5.36. The monoisotopic (exact) mass is 182 g/mol. The molecule has 0 spiro atoms. The molecule has 5 nitrogen and oxygen atoms in total. The fourth-order valence-electron chi connectivity index (χ4n) is 1.01. The molecule has 0 aromatic carbocycles. The second-order valence-corrected chi connectivity index (χ2v) is 2.99. The molecule has 1 aromatic heterocycles. The minimum absolute atomic E-state index is 0.309. The summed E-state index contributed by atoms with van der Waals surface area (Å²) >= 11 is 0. The maximum atomic E-state index is 11.1. The average Bonchev–Trinajstić information content (AvgIpc) is 2.03. The lowest BCUT2D eigenvalue weighted by molar-refractivity contribution is 0.776. The molecule has 2 N–H and O–H groups in total. The van der Waals surface area contributed by atoms with Crippen LogP contribution >= 0.6 is 0 Å². The largest absolute Gasteiger partial charge is 0.363 e. The normalized spacial score (nSPS) is 10.1. The predicted molar refractivity (Wildman–Crippen MR) is 51.9 cm³/mol. The van der Waals surface area contributed by atoms with Gasteiger partial charge >= 0.3 is 5.69 Å². The van der Waals surface area contributed by atoms with Crippen molar-refractivity contribution in [1.82, 2.24) is 15.3 Å². The molecule has 0 fully saturated rings. The van der Waals surface area contributed by atoms with Crippen molar-refractivity contribution in [2.45, 2.75) is 6.54 Å². The van der Waals surface area contributed by atoms with Crippen molar-refractivity contribution in [2.24, 2.45) is 0 Å². The Morgan fingerprint density at radius 2 is 2.31 bits per heavy atom. The van der Waals surface area contributed by atoms with Gasteiger partial charge in [-0.2, -0.15) is 4.98 Å². The van der Waals surface area contributed by atoms with Crippen LogP contribution in [0.2, 0.25) is 0 Å². The fourth-order valence-corrected chi connectivity index (χ4v) is 1.01. The van der Waals surface area contributed by atoms with Gasteiger partial charge in [-0.25, -0.2) is 4.79 Å². The van der Waals surface area contributed by atoms with Crippen LogP contribution in [0.5, 0.6) is 0 Å². The molecule has 0 amide bonds. The van der Waals surface area contributed by atoms with Crippen molar-refractivity contribution in [2.75, 3.05) is 26.0 Å². The predicted octanol–water partition coefficient (Wildman–Crippen LogP) is -0.445. The molecule has 72 valence electrons. The summed E-state index contributed by atoms with van der Waals surface area (Å²) < 4.78 is 0. The lowest BCUT2D eigenvalue weighted by Gasteiger charge is -2.11. The van der Waals surface area contributed by atoms with Gasteiger partial charge in [0.25, 0.3) is 0 Å². The van der Waals surface area contributed by atoms with Crippen molar-refractivity contribution in [3.63, 3.8) is 0 Å². The van der Waals surface area contributed by atoms with Gasteiger partial charge in [0.2, 0.25) is 0 Å². The Balaban J connectivity index is 3.04. The van der Waals surface area contributed by atoms with Gasteiger partial charge < -0.3 is 15.2 Å². The Morgan fingerprint density at radius 1 is 1.62 bits per heavy atom. The molecule has 1 heterocycles. The lowest BCUT2D eigenvalue weighted by Crippen LogP contribution is -2.21. The van der Waals surface area contributed by atoms with Crippen LogP contribution in [0.25, 0.3) is 0 Å². The molecule has 1 rings (SSSR count). The number of nitrogens with zero attached hydrogens (tertiary/aromatic N) is 2. The van der Waals surface area contributed by atoms with Crippen molar-refractivity contribution in [3.8, 4) is 0 Å². The first-order valence-electron chi connectivity index (χ1n) is 4.05. The molecule has 0 aliphatic carbocycles. The number of hydrogen-bond donors (Lipinski definition) is 2. The van der Waals surface area contributed by atoms with E-state index in [1.54, 1.807) is 4.90 Å². The van der Waals surface area contributed by atoms with Crippen molar-refractivity contribution in [1.29, 1.82) is 0 Å². The zero-order valence-corrected chi connectivity index (χ0v) is 8.09. The molecule has 0 saturated carbocycles. The van der Waals surface area contributed by atoms with Crippen molar-refractivity contribution in [3.05, 3.63) is 22.2 Å². The maximum Gasteiger partial charge on any atom is 0.347 e. The summed E-state index contributed by atoms with van der Waals surface area (Å²) in [6, 6.07) is 1.85. The maximum absolute atomic E-state index is 11.1. The summed E-state index contributed by atoms with van der Waals surface area (Å²) in [6.45, 7) is 0.638. The topological polar surface area (TPSA) is 61.0 Å². The van der Waals surface area contributed by atoms with E-state index in [0.717, 1.165) is 5.69 Å². The number of nitrogens with one attached hydrogen (secondary N) is 2. The third-order valence-electron chi connectivity index (χ3n) is 1.61. The van der Waals surface area contributed by atoms with E-state index < -0.39 is 0 Å². The van der Waals surface area contributed by atoms with E-state index in [9.17, 15) is 4.79 Å². The van der Waals surface area contributed by atoms with E-state index in [-0.39, 0.29) is 5.69 Å². The van der Waals surface area contributed by atoms with Crippen LogP contribution in [0.15, 0.2) is 10.9 Å². The molecule has 0 atom stereocenters. The van der Waals surface area contributed by atoms with Gasteiger partial charge in [0.15, 0.2) is 0 Å². The van der Waals surface area contributed by atoms with Gasteiger partial charge in [-0.05, 0) is 7.05 Å². The molecule has 13 heavy (non-hydrogen) atoms. The summed E-state index contributed by atoms with van der Waals surface area (Å²) in [6.07, 6.45) is 0. The van der Waals surface area contributed by atoms with Gasteiger partial charge in [0, 0.05) is 32.4 Å². The average molecular weight is 182 g/mol. The van der Waals surface area contributed by atoms with Crippen molar-refractivity contribution < 1.29 is 0 Å². The number of hydrogen-bond acceptors (Lipinski definition) is 4. The minimum atomic E-state index is -0.309. The van der Waals surface area contributed by atoms with Crippen LogP contribution in [0.3, 0.4) is 0 Å². The summed E-state index contributed by atoms with van der Waals surface area (Å²) in [5.74, 6) is 0.675. The van der Waals surface area contributed by atoms with E-state index in [4.69, 9.17) is 0 Å². The molecule has 0 aliphatic rings. The lowest BCUT2D eigenvalue weighted by atomic mass is 10.4. The zero-order chi connectivity index (χ0) is 9.84. The Hall–Kier alpha value is -1.36. The van der Waals surface area contributed by atoms with Crippen LogP contribution in [0.1, 0.15) is 5.69 Å². The van der Waals surface area contributed by atoms with Crippen molar-refractivity contribution >= 4 is 5.82 Å².